The number of phenols is 1. The minimum atomic E-state index is -0.376. The number of carbonyl (C=O) groups excluding carboxylic acids is 1. The van der Waals surface area contributed by atoms with Gasteiger partial charge < -0.3 is 5.11 Å². The number of carbonyl (C=O) groups is 1. The summed E-state index contributed by atoms with van der Waals surface area (Å²) in [4.78, 5) is 16.8. The van der Waals surface area contributed by atoms with Crippen molar-refractivity contribution in [2.75, 3.05) is 0 Å². The zero-order chi connectivity index (χ0) is 18.1. The Bertz CT molecular complexity index is 1070. The summed E-state index contributed by atoms with van der Waals surface area (Å²) in [6, 6.07) is 18.4. The molecule has 0 aliphatic carbocycles. The number of Topliss-reactive ketones (excluding diaryl/α,β-unsaturated/α-hetero) is 1. The Morgan fingerprint density at radius 3 is 2.54 bits per heavy atom. The molecule has 0 radical (unpaired) electrons. The van der Waals surface area contributed by atoms with Gasteiger partial charge in [-0.2, -0.15) is 0 Å². The van der Waals surface area contributed by atoms with E-state index in [1.165, 1.54) is 35.6 Å². The monoisotopic (exact) mass is 363 g/mol. The molecule has 0 aliphatic rings. The van der Waals surface area contributed by atoms with Crippen molar-refractivity contribution in [2.45, 2.75) is 6.42 Å². The van der Waals surface area contributed by atoms with Crippen LogP contribution in [0.25, 0.3) is 20.8 Å². The SMILES string of the molecule is O=C(Cc1ccc(-c2nc3ccccc3s2)c(O)c1)c1ccc(F)cc1. The quantitative estimate of drug-likeness (QED) is 0.505. The molecule has 0 saturated heterocycles. The van der Waals surface area contributed by atoms with Gasteiger partial charge in [0, 0.05) is 12.0 Å². The van der Waals surface area contributed by atoms with Gasteiger partial charge in [-0.25, -0.2) is 9.37 Å². The third kappa shape index (κ3) is 3.21. The minimum Gasteiger partial charge on any atom is -0.507 e. The third-order valence-corrected chi connectivity index (χ3v) is 5.19. The number of nitrogens with zero attached hydrogens (tertiary/aromatic N) is 1. The molecular weight excluding hydrogens is 349 g/mol. The van der Waals surface area contributed by atoms with E-state index in [1.54, 1.807) is 12.1 Å². The highest BCUT2D eigenvalue weighted by Crippen LogP contribution is 2.35. The Labute approximate surface area is 153 Å². The van der Waals surface area contributed by atoms with Crippen LogP contribution in [0, 0.1) is 5.82 Å². The topological polar surface area (TPSA) is 50.2 Å². The van der Waals surface area contributed by atoms with Crippen LogP contribution in [0.4, 0.5) is 4.39 Å². The number of aromatic nitrogens is 1. The highest BCUT2D eigenvalue weighted by Gasteiger charge is 2.13. The first-order chi connectivity index (χ1) is 12.6. The molecule has 0 aliphatic heterocycles. The third-order valence-electron chi connectivity index (χ3n) is 4.12. The molecule has 128 valence electrons. The van der Waals surface area contributed by atoms with Crippen LogP contribution in [0.3, 0.4) is 0 Å². The van der Waals surface area contributed by atoms with E-state index in [0.717, 1.165) is 15.2 Å². The normalized spacial score (nSPS) is 11.0. The van der Waals surface area contributed by atoms with Gasteiger partial charge in [-0.3, -0.25) is 4.79 Å². The molecule has 0 spiro atoms. The van der Waals surface area contributed by atoms with Gasteiger partial charge in [0.15, 0.2) is 5.78 Å². The summed E-state index contributed by atoms with van der Waals surface area (Å²) in [5.41, 5.74) is 2.68. The predicted molar refractivity (Wildman–Crippen MR) is 101 cm³/mol. The Balaban J connectivity index is 1.59. The number of para-hydroxylation sites is 1. The van der Waals surface area contributed by atoms with Crippen LogP contribution in [0.15, 0.2) is 66.7 Å². The van der Waals surface area contributed by atoms with Crippen molar-refractivity contribution >= 4 is 27.3 Å². The second-order valence-corrected chi connectivity index (χ2v) is 6.98. The lowest BCUT2D eigenvalue weighted by Gasteiger charge is -2.05. The molecule has 0 fully saturated rings. The maximum absolute atomic E-state index is 13.0. The van der Waals surface area contributed by atoms with Crippen molar-refractivity contribution < 1.29 is 14.3 Å². The van der Waals surface area contributed by atoms with Crippen LogP contribution in [0.1, 0.15) is 15.9 Å². The molecule has 1 N–H and O–H groups in total. The largest absolute Gasteiger partial charge is 0.507 e. The number of phenolic OH excluding ortho intramolecular Hbond substituents is 1. The Morgan fingerprint density at radius 1 is 1.04 bits per heavy atom. The molecule has 0 unspecified atom stereocenters. The second kappa shape index (κ2) is 6.69. The van der Waals surface area contributed by atoms with Gasteiger partial charge in [0.05, 0.1) is 15.8 Å². The van der Waals surface area contributed by atoms with Gasteiger partial charge in [-0.15, -0.1) is 11.3 Å². The van der Waals surface area contributed by atoms with E-state index < -0.39 is 0 Å². The predicted octanol–water partition coefficient (Wildman–Crippen LogP) is 5.23. The van der Waals surface area contributed by atoms with Crippen molar-refractivity contribution in [3.63, 3.8) is 0 Å². The number of thiazole rings is 1. The average Bonchev–Trinajstić information content (AvgIpc) is 3.06. The first-order valence-corrected chi connectivity index (χ1v) is 8.88. The number of rotatable bonds is 4. The lowest BCUT2D eigenvalue weighted by atomic mass is 10.0. The highest BCUT2D eigenvalue weighted by atomic mass is 32.1. The van der Waals surface area contributed by atoms with E-state index in [4.69, 9.17) is 0 Å². The van der Waals surface area contributed by atoms with Gasteiger partial charge in [0.1, 0.15) is 16.6 Å². The van der Waals surface area contributed by atoms with E-state index in [-0.39, 0.29) is 23.8 Å². The van der Waals surface area contributed by atoms with Gasteiger partial charge in [-0.1, -0.05) is 18.2 Å². The van der Waals surface area contributed by atoms with Crippen LogP contribution < -0.4 is 0 Å². The summed E-state index contributed by atoms with van der Waals surface area (Å²) in [5.74, 6) is -0.412. The summed E-state index contributed by atoms with van der Waals surface area (Å²) < 4.78 is 14.0. The molecule has 5 heteroatoms. The summed E-state index contributed by atoms with van der Waals surface area (Å²) >= 11 is 1.51. The first-order valence-electron chi connectivity index (χ1n) is 8.07. The molecule has 1 aromatic heterocycles. The molecule has 0 bridgehead atoms. The fraction of sp³-hybridized carbons (Fsp3) is 0.0476. The molecule has 4 rings (SSSR count). The lowest BCUT2D eigenvalue weighted by Crippen LogP contribution is -2.03. The summed E-state index contributed by atoms with van der Waals surface area (Å²) in [7, 11) is 0. The van der Waals surface area contributed by atoms with E-state index in [2.05, 4.69) is 4.98 Å². The molecule has 3 aromatic carbocycles. The molecule has 1 heterocycles. The van der Waals surface area contributed by atoms with E-state index >= 15 is 0 Å². The zero-order valence-corrected chi connectivity index (χ0v) is 14.5. The summed E-state index contributed by atoms with van der Waals surface area (Å²) in [5, 5.41) is 11.1. The van der Waals surface area contributed by atoms with Crippen LogP contribution in [0.5, 0.6) is 5.75 Å². The smallest absolute Gasteiger partial charge is 0.167 e. The van der Waals surface area contributed by atoms with Crippen LogP contribution in [0.2, 0.25) is 0 Å². The second-order valence-electron chi connectivity index (χ2n) is 5.95. The molecule has 0 atom stereocenters. The average molecular weight is 363 g/mol. The Hall–Kier alpha value is -3.05. The van der Waals surface area contributed by atoms with Gasteiger partial charge in [0.25, 0.3) is 0 Å². The molecule has 26 heavy (non-hydrogen) atoms. The number of ketones is 1. The summed E-state index contributed by atoms with van der Waals surface area (Å²) in [6.07, 6.45) is 0.138. The van der Waals surface area contributed by atoms with E-state index in [1.807, 2.05) is 30.3 Å². The van der Waals surface area contributed by atoms with Crippen molar-refractivity contribution in [1.29, 1.82) is 0 Å². The van der Waals surface area contributed by atoms with Crippen molar-refractivity contribution in [3.05, 3.63) is 83.7 Å². The van der Waals surface area contributed by atoms with Crippen LogP contribution in [-0.2, 0) is 6.42 Å². The number of fused-ring (bicyclic) bond motifs is 1. The van der Waals surface area contributed by atoms with Gasteiger partial charge >= 0.3 is 0 Å². The first kappa shape index (κ1) is 16.4. The molecular formula is C21H14FNO2S. The number of halogens is 1. The van der Waals surface area contributed by atoms with Crippen LogP contribution in [-0.4, -0.2) is 15.9 Å². The fourth-order valence-electron chi connectivity index (χ4n) is 2.78. The van der Waals surface area contributed by atoms with Crippen molar-refractivity contribution in [2.24, 2.45) is 0 Å². The maximum atomic E-state index is 13.0. The Morgan fingerprint density at radius 2 is 1.81 bits per heavy atom. The molecule has 3 nitrogen and oxygen atoms in total. The molecule has 0 amide bonds. The number of benzene rings is 3. The lowest BCUT2D eigenvalue weighted by molar-refractivity contribution is 0.0993. The molecule has 0 saturated carbocycles. The number of hydrogen-bond donors (Lipinski definition) is 1. The Kier molecular flexibility index (Phi) is 4.22. The van der Waals surface area contributed by atoms with Crippen molar-refractivity contribution in [3.8, 4) is 16.3 Å². The minimum absolute atomic E-state index is 0.0912. The highest BCUT2D eigenvalue weighted by molar-refractivity contribution is 7.21. The van der Waals surface area contributed by atoms with E-state index in [0.29, 0.717) is 16.7 Å². The van der Waals surface area contributed by atoms with Gasteiger partial charge in [-0.05, 0) is 54.1 Å². The van der Waals surface area contributed by atoms with E-state index in [9.17, 15) is 14.3 Å². The van der Waals surface area contributed by atoms with Crippen molar-refractivity contribution in [1.82, 2.24) is 4.98 Å². The summed E-state index contributed by atoms with van der Waals surface area (Å²) in [6.45, 7) is 0. The zero-order valence-electron chi connectivity index (χ0n) is 13.6. The van der Waals surface area contributed by atoms with Crippen LogP contribution >= 0.6 is 11.3 Å². The number of aromatic hydroxyl groups is 1. The standard InChI is InChI=1S/C21H14FNO2S/c22-15-8-6-14(7-9-15)18(24)11-13-5-10-16(19(25)12-13)21-23-17-3-1-2-4-20(17)26-21/h1-10,12,25H,11H2. The fourth-order valence-corrected chi connectivity index (χ4v) is 3.78. The molecule has 4 aromatic rings. The maximum Gasteiger partial charge on any atom is 0.167 e. The number of hydrogen-bond acceptors (Lipinski definition) is 4. The van der Waals surface area contributed by atoms with Gasteiger partial charge in [0.2, 0.25) is 0 Å².